The van der Waals surface area contributed by atoms with Gasteiger partial charge in [-0.15, -0.1) is 0 Å². The van der Waals surface area contributed by atoms with Crippen LogP contribution in [-0.4, -0.2) is 5.97 Å². The van der Waals surface area contributed by atoms with Crippen molar-refractivity contribution in [1.29, 1.82) is 0 Å². The zero-order chi connectivity index (χ0) is 14.4. The van der Waals surface area contributed by atoms with Gasteiger partial charge in [0, 0.05) is 33.7 Å². The van der Waals surface area contributed by atoms with Gasteiger partial charge in [-0.3, -0.25) is 4.79 Å². The van der Waals surface area contributed by atoms with Crippen molar-refractivity contribution in [2.45, 2.75) is 13.0 Å². The van der Waals surface area contributed by atoms with Crippen LogP contribution >= 0.6 is 34.8 Å². The van der Waals surface area contributed by atoms with Gasteiger partial charge < -0.3 is 4.74 Å². The maximum Gasteiger partial charge on any atom is 0.303 e. The van der Waals surface area contributed by atoms with Crippen LogP contribution in [0.1, 0.15) is 24.2 Å². The Morgan fingerprint density at radius 3 is 2.45 bits per heavy atom. The van der Waals surface area contributed by atoms with Gasteiger partial charge in [0.1, 0.15) is 0 Å². The Kier molecular flexibility index (Phi) is 3.41. The van der Waals surface area contributed by atoms with Gasteiger partial charge in [0.15, 0.2) is 6.10 Å². The van der Waals surface area contributed by atoms with Gasteiger partial charge in [0.05, 0.1) is 5.02 Å². The number of benzene rings is 2. The predicted octanol–water partition coefficient (Wildman–Crippen LogP) is 5.28. The van der Waals surface area contributed by atoms with Crippen molar-refractivity contribution in [2.24, 2.45) is 0 Å². The Bertz CT molecular complexity index is 725. The zero-order valence-electron chi connectivity index (χ0n) is 10.4. The van der Waals surface area contributed by atoms with Crippen molar-refractivity contribution in [3.63, 3.8) is 0 Å². The summed E-state index contributed by atoms with van der Waals surface area (Å²) in [6.07, 6.45) is -0.521. The second-order valence-electron chi connectivity index (χ2n) is 4.57. The van der Waals surface area contributed by atoms with E-state index in [4.69, 9.17) is 39.5 Å². The SMILES string of the molecule is CC(=O)O[C@H]1c2cc(Cl)ccc2-c2c(Cl)cc(Cl)cc21. The Hall–Kier alpha value is -1.22. The van der Waals surface area contributed by atoms with Crippen LogP contribution in [0.4, 0.5) is 0 Å². The molecule has 0 radical (unpaired) electrons. The molecule has 0 spiro atoms. The van der Waals surface area contributed by atoms with E-state index >= 15 is 0 Å². The number of carbonyl (C=O) groups is 1. The summed E-state index contributed by atoms with van der Waals surface area (Å²) in [6.45, 7) is 1.37. The van der Waals surface area contributed by atoms with Gasteiger partial charge >= 0.3 is 5.97 Å². The van der Waals surface area contributed by atoms with Gasteiger partial charge in [-0.05, 0) is 29.8 Å². The molecule has 102 valence electrons. The lowest BCUT2D eigenvalue weighted by Gasteiger charge is -2.14. The highest BCUT2D eigenvalue weighted by Crippen LogP contribution is 2.50. The standard InChI is InChI=1S/C15H9Cl3O2/c1-7(19)20-15-11-4-8(16)2-3-10(11)14-12(15)5-9(17)6-13(14)18/h2-6,15H,1H3/t15-/m0/s1. The minimum Gasteiger partial charge on any atom is -0.453 e. The molecular formula is C15H9Cl3O2. The van der Waals surface area contributed by atoms with Gasteiger partial charge in [-0.25, -0.2) is 0 Å². The van der Waals surface area contributed by atoms with E-state index in [1.807, 2.05) is 6.07 Å². The Morgan fingerprint density at radius 1 is 1.05 bits per heavy atom. The highest BCUT2D eigenvalue weighted by Gasteiger charge is 2.33. The summed E-state index contributed by atoms with van der Waals surface area (Å²) < 4.78 is 5.41. The molecule has 0 unspecified atom stereocenters. The fraction of sp³-hybridized carbons (Fsp3) is 0.133. The summed E-state index contributed by atoms with van der Waals surface area (Å²) in [4.78, 5) is 11.4. The molecule has 5 heteroatoms. The molecule has 0 saturated carbocycles. The summed E-state index contributed by atoms with van der Waals surface area (Å²) in [5, 5.41) is 1.62. The second kappa shape index (κ2) is 4.96. The Labute approximate surface area is 131 Å². The van der Waals surface area contributed by atoms with Crippen molar-refractivity contribution < 1.29 is 9.53 Å². The van der Waals surface area contributed by atoms with E-state index in [1.54, 1.807) is 24.3 Å². The molecule has 0 aromatic heterocycles. The van der Waals surface area contributed by atoms with Crippen LogP contribution in [0.5, 0.6) is 0 Å². The number of esters is 1. The number of halogens is 3. The van der Waals surface area contributed by atoms with Crippen molar-refractivity contribution in [1.82, 2.24) is 0 Å². The number of hydrogen-bond acceptors (Lipinski definition) is 2. The van der Waals surface area contributed by atoms with Crippen LogP contribution < -0.4 is 0 Å². The first-order valence-electron chi connectivity index (χ1n) is 5.93. The number of rotatable bonds is 1. The summed E-state index contributed by atoms with van der Waals surface area (Å²) in [7, 11) is 0. The Morgan fingerprint density at radius 2 is 1.75 bits per heavy atom. The van der Waals surface area contributed by atoms with E-state index in [-0.39, 0.29) is 5.97 Å². The third kappa shape index (κ3) is 2.18. The second-order valence-corrected chi connectivity index (χ2v) is 5.85. The van der Waals surface area contributed by atoms with Crippen LogP contribution in [-0.2, 0) is 9.53 Å². The third-order valence-corrected chi connectivity index (χ3v) is 3.97. The van der Waals surface area contributed by atoms with Gasteiger partial charge in [-0.1, -0.05) is 40.9 Å². The molecular weight excluding hydrogens is 319 g/mol. The van der Waals surface area contributed by atoms with E-state index < -0.39 is 6.10 Å². The fourth-order valence-electron chi connectivity index (χ4n) is 2.52. The van der Waals surface area contributed by atoms with Crippen molar-refractivity contribution in [3.8, 4) is 11.1 Å². The van der Waals surface area contributed by atoms with E-state index in [1.165, 1.54) is 6.92 Å². The van der Waals surface area contributed by atoms with Crippen molar-refractivity contribution in [3.05, 3.63) is 56.5 Å². The molecule has 0 heterocycles. The van der Waals surface area contributed by atoms with E-state index in [0.717, 1.165) is 22.3 Å². The lowest BCUT2D eigenvalue weighted by molar-refractivity contribution is -0.144. The average molecular weight is 328 g/mol. The molecule has 2 aromatic rings. The molecule has 2 aromatic carbocycles. The molecule has 0 aliphatic heterocycles. The lowest BCUT2D eigenvalue weighted by Crippen LogP contribution is -2.07. The van der Waals surface area contributed by atoms with Crippen LogP contribution in [0.3, 0.4) is 0 Å². The normalized spacial score (nSPS) is 15.7. The molecule has 1 atom stereocenters. The summed E-state index contributed by atoms with van der Waals surface area (Å²) in [5.41, 5.74) is 3.37. The van der Waals surface area contributed by atoms with Crippen LogP contribution in [0, 0.1) is 0 Å². The molecule has 2 nitrogen and oxygen atoms in total. The topological polar surface area (TPSA) is 26.3 Å². The first kappa shape index (κ1) is 13.7. The van der Waals surface area contributed by atoms with Gasteiger partial charge in [0.2, 0.25) is 0 Å². The van der Waals surface area contributed by atoms with Crippen molar-refractivity contribution in [2.75, 3.05) is 0 Å². The molecule has 0 N–H and O–H groups in total. The molecule has 0 bridgehead atoms. The highest BCUT2D eigenvalue weighted by molar-refractivity contribution is 6.37. The average Bonchev–Trinajstić information content (AvgIpc) is 2.63. The predicted molar refractivity (Wildman–Crippen MR) is 80.5 cm³/mol. The van der Waals surface area contributed by atoms with Crippen LogP contribution in [0.15, 0.2) is 30.3 Å². The number of hydrogen-bond donors (Lipinski definition) is 0. The van der Waals surface area contributed by atoms with E-state index in [2.05, 4.69) is 0 Å². The van der Waals surface area contributed by atoms with E-state index in [0.29, 0.717) is 15.1 Å². The lowest BCUT2D eigenvalue weighted by atomic mass is 10.1. The van der Waals surface area contributed by atoms with Crippen LogP contribution in [0.2, 0.25) is 15.1 Å². The third-order valence-electron chi connectivity index (χ3n) is 3.22. The van der Waals surface area contributed by atoms with Crippen LogP contribution in [0.25, 0.3) is 11.1 Å². The monoisotopic (exact) mass is 326 g/mol. The smallest absolute Gasteiger partial charge is 0.303 e. The molecule has 0 fully saturated rings. The molecule has 0 amide bonds. The summed E-state index contributed by atoms with van der Waals surface area (Å²) >= 11 is 18.4. The number of carbonyl (C=O) groups excluding carboxylic acids is 1. The summed E-state index contributed by atoms with van der Waals surface area (Å²) in [6, 6.07) is 8.89. The first-order chi connectivity index (χ1) is 9.47. The first-order valence-corrected chi connectivity index (χ1v) is 7.06. The molecule has 3 rings (SSSR count). The largest absolute Gasteiger partial charge is 0.453 e. The minimum absolute atomic E-state index is 0.370. The van der Waals surface area contributed by atoms with Gasteiger partial charge in [0.25, 0.3) is 0 Å². The molecule has 1 aliphatic rings. The number of ether oxygens (including phenoxy) is 1. The molecule has 1 aliphatic carbocycles. The highest BCUT2D eigenvalue weighted by atomic mass is 35.5. The quantitative estimate of drug-likeness (QED) is 0.666. The summed E-state index contributed by atoms with van der Waals surface area (Å²) in [5.74, 6) is -0.370. The Balaban J connectivity index is 2.28. The van der Waals surface area contributed by atoms with Crippen molar-refractivity contribution >= 4 is 40.8 Å². The molecule has 20 heavy (non-hydrogen) atoms. The molecule has 0 saturated heterocycles. The van der Waals surface area contributed by atoms with E-state index in [9.17, 15) is 4.79 Å². The maximum atomic E-state index is 11.4. The minimum atomic E-state index is -0.521. The maximum absolute atomic E-state index is 11.4. The zero-order valence-corrected chi connectivity index (χ0v) is 12.7. The number of fused-ring (bicyclic) bond motifs is 3. The van der Waals surface area contributed by atoms with Gasteiger partial charge in [-0.2, -0.15) is 0 Å². The fourth-order valence-corrected chi connectivity index (χ4v) is 3.31.